The fourth-order valence-corrected chi connectivity index (χ4v) is 3.17. The van der Waals surface area contributed by atoms with E-state index in [1.54, 1.807) is 12.1 Å². The molecule has 1 fully saturated rings. The van der Waals surface area contributed by atoms with Gasteiger partial charge in [0.15, 0.2) is 0 Å². The van der Waals surface area contributed by atoms with Gasteiger partial charge in [-0.1, -0.05) is 31.9 Å². The minimum absolute atomic E-state index is 0.135. The van der Waals surface area contributed by atoms with E-state index in [1.807, 2.05) is 13.0 Å². The number of hydrogen-bond donors (Lipinski definition) is 2. The summed E-state index contributed by atoms with van der Waals surface area (Å²) in [6.45, 7) is 4.58. The van der Waals surface area contributed by atoms with Gasteiger partial charge in [0.25, 0.3) is 5.69 Å². The molecule has 1 aliphatic rings. The smallest absolute Gasteiger partial charge is 0.292 e. The zero-order valence-corrected chi connectivity index (χ0v) is 12.2. The summed E-state index contributed by atoms with van der Waals surface area (Å²) in [5, 5.41) is 14.7. The Morgan fingerprint density at radius 2 is 2.25 bits per heavy atom. The van der Waals surface area contributed by atoms with Crippen LogP contribution in [0.3, 0.4) is 0 Å². The topological polar surface area (TPSA) is 81.2 Å². The Hall–Kier alpha value is -1.62. The number of nitrogens with one attached hydrogen (secondary N) is 1. The molecule has 110 valence electrons. The highest BCUT2D eigenvalue weighted by atomic mass is 16.6. The van der Waals surface area contributed by atoms with Crippen molar-refractivity contribution in [3.63, 3.8) is 0 Å². The van der Waals surface area contributed by atoms with Gasteiger partial charge < -0.3 is 11.1 Å². The molecule has 1 aliphatic carbocycles. The molecule has 0 radical (unpaired) electrons. The Labute approximate surface area is 119 Å². The highest BCUT2D eigenvalue weighted by Gasteiger charge is 2.38. The SMILES string of the molecule is Cc1cccc([N+](=O)[O-])c1NC1(CN)CCCCC1C. The minimum atomic E-state index is -0.326. The predicted octanol–water partition coefficient (Wildman–Crippen LogP) is 3.22. The molecule has 0 amide bonds. The largest absolute Gasteiger partial charge is 0.372 e. The molecule has 0 bridgehead atoms. The standard InChI is InChI=1S/C15H23N3O2/c1-11-6-5-8-13(18(19)20)14(11)17-15(10-16)9-4-3-7-12(15)2/h5-6,8,12,17H,3-4,7,9-10,16H2,1-2H3. The second kappa shape index (κ2) is 5.79. The lowest BCUT2D eigenvalue weighted by molar-refractivity contribution is -0.384. The Balaban J connectivity index is 2.39. The van der Waals surface area contributed by atoms with Crippen molar-refractivity contribution >= 4 is 11.4 Å². The average molecular weight is 277 g/mol. The van der Waals surface area contributed by atoms with Crippen LogP contribution in [0.25, 0.3) is 0 Å². The second-order valence-electron chi connectivity index (χ2n) is 5.86. The highest BCUT2D eigenvalue weighted by Crippen LogP contribution is 2.39. The minimum Gasteiger partial charge on any atom is -0.372 e. The summed E-state index contributed by atoms with van der Waals surface area (Å²) in [5.74, 6) is 0.417. The van der Waals surface area contributed by atoms with Gasteiger partial charge in [0, 0.05) is 12.6 Å². The number of nitro groups is 1. The van der Waals surface area contributed by atoms with E-state index in [1.165, 1.54) is 6.42 Å². The van der Waals surface area contributed by atoms with Gasteiger partial charge in [-0.2, -0.15) is 0 Å². The maximum absolute atomic E-state index is 11.2. The van der Waals surface area contributed by atoms with Crippen LogP contribution in [0.4, 0.5) is 11.4 Å². The predicted molar refractivity (Wildman–Crippen MR) is 80.9 cm³/mol. The Morgan fingerprint density at radius 3 is 2.85 bits per heavy atom. The normalized spacial score (nSPS) is 26.2. The maximum Gasteiger partial charge on any atom is 0.292 e. The number of aryl methyl sites for hydroxylation is 1. The number of nitrogens with zero attached hydrogens (tertiary/aromatic N) is 1. The maximum atomic E-state index is 11.2. The molecular weight excluding hydrogens is 254 g/mol. The molecule has 2 atom stereocenters. The van der Waals surface area contributed by atoms with Crippen LogP contribution in [-0.4, -0.2) is 17.0 Å². The molecule has 20 heavy (non-hydrogen) atoms. The first-order valence-corrected chi connectivity index (χ1v) is 7.22. The van der Waals surface area contributed by atoms with E-state index in [2.05, 4.69) is 12.2 Å². The summed E-state index contributed by atoms with van der Waals surface area (Å²) in [6.07, 6.45) is 4.41. The summed E-state index contributed by atoms with van der Waals surface area (Å²) in [4.78, 5) is 10.9. The monoisotopic (exact) mass is 277 g/mol. The number of nitrogens with two attached hydrogens (primary N) is 1. The average Bonchev–Trinajstić information content (AvgIpc) is 2.43. The Morgan fingerprint density at radius 1 is 1.50 bits per heavy atom. The summed E-state index contributed by atoms with van der Waals surface area (Å²) in [6, 6.07) is 5.16. The van der Waals surface area contributed by atoms with E-state index < -0.39 is 0 Å². The molecule has 1 aromatic carbocycles. The van der Waals surface area contributed by atoms with Crippen LogP contribution < -0.4 is 11.1 Å². The van der Waals surface area contributed by atoms with E-state index in [-0.39, 0.29) is 16.1 Å². The molecular formula is C15H23N3O2. The first kappa shape index (κ1) is 14.8. The van der Waals surface area contributed by atoms with Crippen molar-refractivity contribution in [3.8, 4) is 0 Å². The van der Waals surface area contributed by atoms with Crippen LogP contribution in [0.15, 0.2) is 18.2 Å². The van der Waals surface area contributed by atoms with Crippen LogP contribution in [0.1, 0.15) is 38.2 Å². The van der Waals surface area contributed by atoms with Gasteiger partial charge in [-0.25, -0.2) is 0 Å². The number of rotatable bonds is 4. The number of benzene rings is 1. The van der Waals surface area contributed by atoms with Crippen LogP contribution in [-0.2, 0) is 0 Å². The van der Waals surface area contributed by atoms with Crippen LogP contribution in [0.2, 0.25) is 0 Å². The summed E-state index contributed by atoms with van der Waals surface area (Å²) >= 11 is 0. The molecule has 3 N–H and O–H groups in total. The number of nitro benzene ring substituents is 1. The zero-order valence-electron chi connectivity index (χ0n) is 12.2. The van der Waals surface area contributed by atoms with E-state index >= 15 is 0 Å². The Kier molecular flexibility index (Phi) is 4.28. The Bertz CT molecular complexity index is 504. The molecule has 5 nitrogen and oxygen atoms in total. The van der Waals surface area contributed by atoms with E-state index in [9.17, 15) is 10.1 Å². The summed E-state index contributed by atoms with van der Waals surface area (Å²) in [7, 11) is 0. The van der Waals surface area contributed by atoms with Gasteiger partial charge in [-0.05, 0) is 31.2 Å². The molecule has 0 heterocycles. The molecule has 1 aromatic rings. The van der Waals surface area contributed by atoms with Gasteiger partial charge in [0.1, 0.15) is 5.69 Å². The lowest BCUT2D eigenvalue weighted by atomic mass is 9.73. The highest BCUT2D eigenvalue weighted by molar-refractivity contribution is 5.67. The zero-order chi connectivity index (χ0) is 14.8. The molecule has 1 saturated carbocycles. The summed E-state index contributed by atoms with van der Waals surface area (Å²) in [5.41, 5.74) is 7.44. The van der Waals surface area contributed by atoms with Crippen molar-refractivity contribution in [2.24, 2.45) is 11.7 Å². The van der Waals surface area contributed by atoms with Gasteiger partial charge in [0.2, 0.25) is 0 Å². The molecule has 0 spiro atoms. The van der Waals surface area contributed by atoms with E-state index in [4.69, 9.17) is 5.73 Å². The first-order chi connectivity index (χ1) is 9.50. The molecule has 2 rings (SSSR count). The lowest BCUT2D eigenvalue weighted by Gasteiger charge is -2.43. The fraction of sp³-hybridized carbons (Fsp3) is 0.600. The third kappa shape index (κ3) is 2.63. The van der Waals surface area contributed by atoms with Crippen LogP contribution in [0.5, 0.6) is 0 Å². The van der Waals surface area contributed by atoms with Gasteiger partial charge in [-0.15, -0.1) is 0 Å². The quantitative estimate of drug-likeness (QED) is 0.654. The number of para-hydroxylation sites is 1. The van der Waals surface area contributed by atoms with Crippen molar-refractivity contribution in [1.29, 1.82) is 0 Å². The molecule has 2 unspecified atom stereocenters. The third-order valence-electron chi connectivity index (χ3n) is 4.64. The van der Waals surface area contributed by atoms with Gasteiger partial charge in [0.05, 0.1) is 10.5 Å². The van der Waals surface area contributed by atoms with Crippen molar-refractivity contribution in [3.05, 3.63) is 33.9 Å². The summed E-state index contributed by atoms with van der Waals surface area (Å²) < 4.78 is 0. The van der Waals surface area contributed by atoms with Gasteiger partial charge in [-0.3, -0.25) is 10.1 Å². The van der Waals surface area contributed by atoms with Crippen molar-refractivity contribution in [2.45, 2.75) is 45.1 Å². The molecule has 5 heteroatoms. The van der Waals surface area contributed by atoms with Gasteiger partial charge >= 0.3 is 0 Å². The van der Waals surface area contributed by atoms with Crippen molar-refractivity contribution in [1.82, 2.24) is 0 Å². The van der Waals surface area contributed by atoms with E-state index in [0.29, 0.717) is 18.2 Å². The van der Waals surface area contributed by atoms with Crippen LogP contribution in [0, 0.1) is 23.0 Å². The molecule has 0 aliphatic heterocycles. The second-order valence-corrected chi connectivity index (χ2v) is 5.86. The van der Waals surface area contributed by atoms with Crippen molar-refractivity contribution in [2.75, 3.05) is 11.9 Å². The number of hydrogen-bond acceptors (Lipinski definition) is 4. The van der Waals surface area contributed by atoms with E-state index in [0.717, 1.165) is 24.8 Å². The fourth-order valence-electron chi connectivity index (χ4n) is 3.17. The third-order valence-corrected chi connectivity index (χ3v) is 4.64. The first-order valence-electron chi connectivity index (χ1n) is 7.22. The molecule has 0 saturated heterocycles. The molecule has 0 aromatic heterocycles. The lowest BCUT2D eigenvalue weighted by Crippen LogP contribution is -2.52. The number of anilines is 1. The van der Waals surface area contributed by atoms with Crippen molar-refractivity contribution < 1.29 is 4.92 Å². The van der Waals surface area contributed by atoms with Crippen LogP contribution >= 0.6 is 0 Å².